The zero-order valence-electron chi connectivity index (χ0n) is 21.7. The number of nitrogens with zero attached hydrogens (tertiary/aromatic N) is 5. The van der Waals surface area contributed by atoms with E-state index >= 15 is 0 Å². The van der Waals surface area contributed by atoms with E-state index in [0.29, 0.717) is 40.5 Å². The highest BCUT2D eigenvalue weighted by atomic mass is 16.5. The molecule has 37 heavy (non-hydrogen) atoms. The van der Waals surface area contributed by atoms with Gasteiger partial charge in [-0.2, -0.15) is 10.1 Å². The van der Waals surface area contributed by atoms with Gasteiger partial charge in [-0.1, -0.05) is 0 Å². The Labute approximate surface area is 217 Å². The molecule has 2 saturated carbocycles. The minimum Gasteiger partial charge on any atom is -0.496 e. The summed E-state index contributed by atoms with van der Waals surface area (Å²) in [7, 11) is 3.75. The highest BCUT2D eigenvalue weighted by molar-refractivity contribution is 5.95. The Morgan fingerprint density at radius 3 is 2.73 bits per heavy atom. The molecule has 3 aromatic rings. The second-order valence-corrected chi connectivity index (χ2v) is 11.2. The number of aromatic nitrogens is 4. The molecule has 10 heteroatoms. The quantitative estimate of drug-likeness (QED) is 0.428. The van der Waals surface area contributed by atoms with Gasteiger partial charge in [-0.3, -0.25) is 9.48 Å². The van der Waals surface area contributed by atoms with Crippen LogP contribution in [0.4, 0.5) is 11.8 Å². The zero-order valence-corrected chi connectivity index (χ0v) is 21.7. The molecule has 1 spiro atoms. The number of amides is 1. The first kappa shape index (κ1) is 24.0. The maximum atomic E-state index is 13.1. The van der Waals surface area contributed by atoms with Crippen molar-refractivity contribution < 1.29 is 9.53 Å². The van der Waals surface area contributed by atoms with Crippen molar-refractivity contribution in [2.45, 2.75) is 51.1 Å². The first-order valence-electron chi connectivity index (χ1n) is 13.3. The van der Waals surface area contributed by atoms with Gasteiger partial charge in [0.05, 0.1) is 19.9 Å². The molecule has 2 aromatic heterocycles. The number of anilines is 2. The molecule has 3 fully saturated rings. The summed E-state index contributed by atoms with van der Waals surface area (Å²) in [5.74, 6) is 2.24. The van der Waals surface area contributed by atoms with Crippen LogP contribution in [0, 0.1) is 11.3 Å². The lowest BCUT2D eigenvalue weighted by Gasteiger charge is -2.36. The number of carbonyl (C=O) groups excluding carboxylic acids is 1. The lowest BCUT2D eigenvalue weighted by molar-refractivity contribution is 0.0916. The second kappa shape index (κ2) is 9.48. The average molecular weight is 505 g/mol. The van der Waals surface area contributed by atoms with Crippen molar-refractivity contribution in [3.8, 4) is 5.75 Å². The SMILES string of the molecule is COc1ccc(C(=O)NC2CCN(C)CC2)cc1Cn1ncc2nc(N)nc(NCC3CC4(CC4)C3)c21. The number of hydrogen-bond acceptors (Lipinski definition) is 8. The van der Waals surface area contributed by atoms with Crippen LogP contribution in [0.5, 0.6) is 5.75 Å². The topological polar surface area (TPSA) is 123 Å². The van der Waals surface area contributed by atoms with Crippen molar-refractivity contribution >= 4 is 28.7 Å². The van der Waals surface area contributed by atoms with Crippen molar-refractivity contribution in [3.05, 3.63) is 35.5 Å². The summed E-state index contributed by atoms with van der Waals surface area (Å²) in [5.41, 5.74) is 9.64. The number of piperidine rings is 1. The molecular weight excluding hydrogens is 468 g/mol. The third-order valence-electron chi connectivity index (χ3n) is 8.38. The molecule has 1 saturated heterocycles. The summed E-state index contributed by atoms with van der Waals surface area (Å²) in [6, 6.07) is 5.76. The third-order valence-corrected chi connectivity index (χ3v) is 8.38. The number of fused-ring (bicyclic) bond motifs is 1. The fourth-order valence-electron chi connectivity index (χ4n) is 6.02. The largest absolute Gasteiger partial charge is 0.496 e. The van der Waals surface area contributed by atoms with E-state index in [2.05, 4.69) is 37.6 Å². The molecule has 0 unspecified atom stereocenters. The second-order valence-electron chi connectivity index (χ2n) is 11.2. The third kappa shape index (κ3) is 4.94. The Kier molecular flexibility index (Phi) is 6.14. The molecule has 3 aliphatic rings. The normalized spacial score (nSPS) is 19.6. The van der Waals surface area contributed by atoms with Gasteiger partial charge in [0.1, 0.15) is 16.8 Å². The maximum Gasteiger partial charge on any atom is 0.251 e. The fraction of sp³-hybridized carbons (Fsp3) is 0.556. The molecule has 1 amide bonds. The van der Waals surface area contributed by atoms with Gasteiger partial charge in [0.15, 0.2) is 5.82 Å². The molecule has 3 heterocycles. The molecular formula is C27H36N8O2. The van der Waals surface area contributed by atoms with Crippen LogP contribution < -0.4 is 21.1 Å². The van der Waals surface area contributed by atoms with Gasteiger partial charge in [0.2, 0.25) is 5.95 Å². The van der Waals surface area contributed by atoms with Gasteiger partial charge < -0.3 is 26.0 Å². The first-order chi connectivity index (χ1) is 17.9. The minimum absolute atomic E-state index is 0.0591. The monoisotopic (exact) mass is 504 g/mol. The number of hydrogen-bond donors (Lipinski definition) is 3. The molecule has 2 aliphatic carbocycles. The zero-order chi connectivity index (χ0) is 25.6. The summed E-state index contributed by atoms with van der Waals surface area (Å²) in [5, 5.41) is 11.3. The van der Waals surface area contributed by atoms with Crippen molar-refractivity contribution in [2.75, 3.05) is 44.8 Å². The number of nitrogens with two attached hydrogens (primary N) is 1. The maximum absolute atomic E-state index is 13.1. The molecule has 4 N–H and O–H groups in total. The Morgan fingerprint density at radius 2 is 2.00 bits per heavy atom. The van der Waals surface area contributed by atoms with E-state index in [9.17, 15) is 4.79 Å². The molecule has 0 atom stereocenters. The summed E-state index contributed by atoms with van der Waals surface area (Å²) >= 11 is 0. The number of benzene rings is 1. The molecule has 196 valence electrons. The molecule has 1 aliphatic heterocycles. The minimum atomic E-state index is -0.0591. The van der Waals surface area contributed by atoms with Crippen molar-refractivity contribution in [1.82, 2.24) is 30.0 Å². The number of methoxy groups -OCH3 is 1. The van der Waals surface area contributed by atoms with Crippen molar-refractivity contribution in [1.29, 1.82) is 0 Å². The number of carbonyl (C=O) groups is 1. The predicted octanol–water partition coefficient (Wildman–Crippen LogP) is 2.89. The summed E-state index contributed by atoms with van der Waals surface area (Å²) in [6.45, 7) is 3.27. The van der Waals surface area contributed by atoms with Crippen LogP contribution in [-0.4, -0.2) is 70.4 Å². The summed E-state index contributed by atoms with van der Waals surface area (Å²) < 4.78 is 7.49. The van der Waals surface area contributed by atoms with Crippen molar-refractivity contribution in [3.63, 3.8) is 0 Å². The Hall–Kier alpha value is -3.40. The van der Waals surface area contributed by atoms with E-state index in [-0.39, 0.29) is 17.9 Å². The molecule has 1 aromatic carbocycles. The van der Waals surface area contributed by atoms with Crippen LogP contribution >= 0.6 is 0 Å². The lowest BCUT2D eigenvalue weighted by Crippen LogP contribution is -2.43. The smallest absolute Gasteiger partial charge is 0.251 e. The van der Waals surface area contributed by atoms with E-state index in [4.69, 9.17) is 10.5 Å². The lowest BCUT2D eigenvalue weighted by atomic mass is 9.72. The van der Waals surface area contributed by atoms with Gasteiger partial charge in [-0.25, -0.2) is 4.98 Å². The fourth-order valence-corrected chi connectivity index (χ4v) is 6.02. The molecule has 10 nitrogen and oxygen atoms in total. The van der Waals surface area contributed by atoms with Crippen LogP contribution in [-0.2, 0) is 6.54 Å². The standard InChI is InChI=1S/C27H36N8O2/c1-34-9-5-20(6-10-34)31-25(36)18-3-4-22(37-2)19(11-18)16-35-23-21(15-30-35)32-26(28)33-24(23)29-14-17-12-27(13-17)7-8-27/h3-4,11,15,17,20H,5-10,12-14,16H2,1-2H3,(H,31,36)(H3,28,29,32,33). The molecule has 0 radical (unpaired) electrons. The summed E-state index contributed by atoms with van der Waals surface area (Å²) in [4.78, 5) is 24.3. The van der Waals surface area contributed by atoms with Gasteiger partial charge in [0.25, 0.3) is 5.91 Å². The van der Waals surface area contributed by atoms with E-state index in [1.807, 2.05) is 22.9 Å². The van der Waals surface area contributed by atoms with Crippen LogP contribution in [0.25, 0.3) is 11.0 Å². The van der Waals surface area contributed by atoms with E-state index in [0.717, 1.165) is 43.6 Å². The summed E-state index contributed by atoms with van der Waals surface area (Å²) in [6.07, 6.45) is 9.01. The Morgan fingerprint density at radius 1 is 1.22 bits per heavy atom. The number of likely N-dealkylation sites (tertiary alicyclic amines) is 1. The molecule has 0 bridgehead atoms. The van der Waals surface area contributed by atoms with Gasteiger partial charge in [-0.05, 0) is 88.2 Å². The van der Waals surface area contributed by atoms with Crippen molar-refractivity contribution in [2.24, 2.45) is 11.3 Å². The highest BCUT2D eigenvalue weighted by Gasteiger charge is 2.52. The number of nitrogen functional groups attached to an aromatic ring is 1. The highest BCUT2D eigenvalue weighted by Crippen LogP contribution is 2.63. The van der Waals surface area contributed by atoms with E-state index < -0.39 is 0 Å². The van der Waals surface area contributed by atoms with E-state index in [1.54, 1.807) is 13.3 Å². The number of ether oxygens (including phenoxy) is 1. The number of rotatable bonds is 8. The Balaban J connectivity index is 1.22. The van der Waals surface area contributed by atoms with Gasteiger partial charge in [0, 0.05) is 23.7 Å². The molecule has 6 rings (SSSR count). The van der Waals surface area contributed by atoms with Crippen LogP contribution in [0.3, 0.4) is 0 Å². The first-order valence-corrected chi connectivity index (χ1v) is 13.3. The average Bonchev–Trinajstić information content (AvgIpc) is 3.58. The van der Waals surface area contributed by atoms with Crippen LogP contribution in [0.1, 0.15) is 54.4 Å². The predicted molar refractivity (Wildman–Crippen MR) is 143 cm³/mol. The number of nitrogens with one attached hydrogen (secondary N) is 2. The van der Waals surface area contributed by atoms with Crippen LogP contribution in [0.2, 0.25) is 0 Å². The van der Waals surface area contributed by atoms with E-state index in [1.165, 1.54) is 25.7 Å². The van der Waals surface area contributed by atoms with Gasteiger partial charge >= 0.3 is 0 Å². The van der Waals surface area contributed by atoms with Crippen LogP contribution in [0.15, 0.2) is 24.4 Å². The Bertz CT molecular complexity index is 1300. The van der Waals surface area contributed by atoms with Gasteiger partial charge in [-0.15, -0.1) is 0 Å².